The summed E-state index contributed by atoms with van der Waals surface area (Å²) < 4.78 is 0. The van der Waals surface area contributed by atoms with Gasteiger partial charge in [0.1, 0.15) is 0 Å². The summed E-state index contributed by atoms with van der Waals surface area (Å²) in [6.07, 6.45) is 24.1. The highest BCUT2D eigenvalue weighted by Crippen LogP contribution is 2.42. The molecule has 0 aromatic carbocycles. The number of rotatable bonds is 7. The van der Waals surface area contributed by atoms with Gasteiger partial charge in [-0.1, -0.05) is 43.9 Å². The fourth-order valence-electron chi connectivity index (χ4n) is 4.75. The van der Waals surface area contributed by atoms with Gasteiger partial charge < -0.3 is 0 Å². The quantitative estimate of drug-likeness (QED) is 0.446. The lowest BCUT2D eigenvalue weighted by molar-refractivity contribution is 0.142. The summed E-state index contributed by atoms with van der Waals surface area (Å²) in [5.41, 5.74) is 0. The molecule has 2 rings (SSSR count). The summed E-state index contributed by atoms with van der Waals surface area (Å²) in [5, 5.41) is 0. The van der Waals surface area contributed by atoms with Crippen LogP contribution in [0, 0.1) is 23.7 Å². The Morgan fingerprint density at radius 1 is 0.762 bits per heavy atom. The van der Waals surface area contributed by atoms with Crippen molar-refractivity contribution in [3.63, 3.8) is 0 Å². The second-order valence-corrected chi connectivity index (χ2v) is 7.57. The van der Waals surface area contributed by atoms with Gasteiger partial charge in [-0.3, -0.25) is 0 Å². The molecule has 0 unspecified atom stereocenters. The summed E-state index contributed by atoms with van der Waals surface area (Å²) in [7, 11) is 0. The van der Waals surface area contributed by atoms with Crippen LogP contribution in [0.15, 0.2) is 24.8 Å². The predicted octanol–water partition coefficient (Wildman–Crippen LogP) is 6.92. The maximum Gasteiger partial charge on any atom is -0.0348 e. The third-order valence-electron chi connectivity index (χ3n) is 6.21. The van der Waals surface area contributed by atoms with Gasteiger partial charge in [0.2, 0.25) is 0 Å². The first-order valence-electron chi connectivity index (χ1n) is 9.55. The minimum absolute atomic E-state index is 1.01. The van der Waals surface area contributed by atoms with Crippen LogP contribution in [0.3, 0.4) is 0 Å². The van der Waals surface area contributed by atoms with E-state index in [2.05, 4.69) is 31.7 Å². The molecule has 0 aliphatic heterocycles. The van der Waals surface area contributed by atoms with Crippen LogP contribution in [0.4, 0.5) is 0 Å². The minimum Gasteiger partial charge on any atom is -0.103 e. The topological polar surface area (TPSA) is 0 Å². The van der Waals surface area contributed by atoms with Gasteiger partial charge in [-0.05, 0) is 82.0 Å². The number of allylic oxidation sites excluding steroid dienone is 3. The molecule has 2 aliphatic rings. The lowest BCUT2D eigenvalue weighted by Crippen LogP contribution is -2.25. The second kappa shape index (κ2) is 9.49. The Bertz CT molecular complexity index is 298. The van der Waals surface area contributed by atoms with E-state index >= 15 is 0 Å². The Kier molecular flexibility index (Phi) is 7.61. The third-order valence-corrected chi connectivity index (χ3v) is 6.21. The van der Waals surface area contributed by atoms with E-state index < -0.39 is 0 Å². The van der Waals surface area contributed by atoms with Gasteiger partial charge in [0.15, 0.2) is 0 Å². The molecular weight excluding hydrogens is 252 g/mol. The summed E-state index contributed by atoms with van der Waals surface area (Å²) in [5.74, 6) is 4.18. The van der Waals surface area contributed by atoms with Gasteiger partial charge in [-0.2, -0.15) is 0 Å². The van der Waals surface area contributed by atoms with Crippen molar-refractivity contribution in [2.75, 3.05) is 0 Å². The smallest absolute Gasteiger partial charge is 0.0348 e. The zero-order valence-electron chi connectivity index (χ0n) is 14.2. The average Bonchev–Trinajstić information content (AvgIpc) is 2.54. The molecule has 2 aliphatic carbocycles. The monoisotopic (exact) mass is 288 g/mol. The number of hydrogen-bond donors (Lipinski definition) is 0. The van der Waals surface area contributed by atoms with E-state index in [1.54, 1.807) is 0 Å². The van der Waals surface area contributed by atoms with Crippen molar-refractivity contribution in [1.82, 2.24) is 0 Å². The van der Waals surface area contributed by atoms with E-state index in [4.69, 9.17) is 0 Å². The molecule has 0 heterocycles. The molecule has 120 valence electrons. The summed E-state index contributed by atoms with van der Waals surface area (Å²) in [4.78, 5) is 0. The Morgan fingerprint density at radius 3 is 1.67 bits per heavy atom. The van der Waals surface area contributed by atoms with Gasteiger partial charge in [0, 0.05) is 0 Å². The van der Waals surface area contributed by atoms with E-state index in [0.29, 0.717) is 0 Å². The van der Waals surface area contributed by atoms with Crippen molar-refractivity contribution in [3.8, 4) is 0 Å². The SMILES string of the molecule is C=CCCC1CCC(C2CCC(CCC=CC)CC2)CC1. The Balaban J connectivity index is 1.63. The molecule has 0 heteroatoms. The van der Waals surface area contributed by atoms with Crippen molar-refractivity contribution in [3.05, 3.63) is 24.8 Å². The molecule has 0 aromatic heterocycles. The van der Waals surface area contributed by atoms with Crippen LogP contribution in [0.25, 0.3) is 0 Å². The zero-order chi connectivity index (χ0) is 14.9. The molecule has 0 radical (unpaired) electrons. The van der Waals surface area contributed by atoms with Crippen LogP contribution in [0.2, 0.25) is 0 Å². The van der Waals surface area contributed by atoms with Crippen LogP contribution in [0.5, 0.6) is 0 Å². The van der Waals surface area contributed by atoms with Crippen LogP contribution < -0.4 is 0 Å². The van der Waals surface area contributed by atoms with E-state index in [9.17, 15) is 0 Å². The lowest BCUT2D eigenvalue weighted by Gasteiger charge is -2.38. The van der Waals surface area contributed by atoms with Crippen molar-refractivity contribution < 1.29 is 0 Å². The Labute approximate surface area is 133 Å². The molecule has 0 aromatic rings. The van der Waals surface area contributed by atoms with Crippen molar-refractivity contribution >= 4 is 0 Å². The highest BCUT2D eigenvalue weighted by molar-refractivity contribution is 4.84. The van der Waals surface area contributed by atoms with Crippen LogP contribution in [0.1, 0.15) is 84.0 Å². The maximum atomic E-state index is 3.86. The molecule has 0 bridgehead atoms. The van der Waals surface area contributed by atoms with E-state index in [0.717, 1.165) is 23.7 Å². The van der Waals surface area contributed by atoms with Crippen LogP contribution in [-0.2, 0) is 0 Å². The fraction of sp³-hybridized carbons (Fsp3) is 0.810. The van der Waals surface area contributed by atoms with Crippen LogP contribution in [-0.4, -0.2) is 0 Å². The fourth-order valence-corrected chi connectivity index (χ4v) is 4.75. The second-order valence-electron chi connectivity index (χ2n) is 7.57. The Hall–Kier alpha value is -0.520. The van der Waals surface area contributed by atoms with Crippen molar-refractivity contribution in [2.24, 2.45) is 23.7 Å². The van der Waals surface area contributed by atoms with Crippen molar-refractivity contribution in [2.45, 2.75) is 84.0 Å². The number of hydrogen-bond acceptors (Lipinski definition) is 0. The van der Waals surface area contributed by atoms with Crippen LogP contribution >= 0.6 is 0 Å². The summed E-state index contributed by atoms with van der Waals surface area (Å²) in [6, 6.07) is 0. The van der Waals surface area contributed by atoms with E-state index in [-0.39, 0.29) is 0 Å². The van der Waals surface area contributed by atoms with Gasteiger partial charge in [0.05, 0.1) is 0 Å². The molecule has 0 spiro atoms. The molecule has 0 N–H and O–H groups in total. The first-order valence-corrected chi connectivity index (χ1v) is 9.55. The van der Waals surface area contributed by atoms with Gasteiger partial charge in [-0.15, -0.1) is 6.58 Å². The summed E-state index contributed by atoms with van der Waals surface area (Å²) >= 11 is 0. The molecule has 2 saturated carbocycles. The largest absolute Gasteiger partial charge is 0.103 e. The minimum atomic E-state index is 1.01. The normalized spacial score (nSPS) is 34.1. The molecule has 0 saturated heterocycles. The zero-order valence-corrected chi connectivity index (χ0v) is 14.2. The first kappa shape index (κ1) is 16.8. The van der Waals surface area contributed by atoms with Crippen molar-refractivity contribution in [1.29, 1.82) is 0 Å². The van der Waals surface area contributed by atoms with Gasteiger partial charge >= 0.3 is 0 Å². The molecule has 0 atom stereocenters. The van der Waals surface area contributed by atoms with Gasteiger partial charge in [0.25, 0.3) is 0 Å². The molecule has 2 fully saturated rings. The molecular formula is C21H36. The maximum absolute atomic E-state index is 3.86. The standard InChI is InChI=1S/C21H36/c1-3-5-7-9-19-12-16-21(17-13-19)20-14-10-18(11-15-20)8-6-4-2/h3-5,18-21H,2,6-17H2,1H3. The summed E-state index contributed by atoms with van der Waals surface area (Å²) in [6.45, 7) is 6.00. The predicted molar refractivity (Wildman–Crippen MR) is 94.4 cm³/mol. The van der Waals surface area contributed by atoms with E-state index in [1.807, 2.05) is 0 Å². The highest BCUT2D eigenvalue weighted by atomic mass is 14.4. The third kappa shape index (κ3) is 5.64. The average molecular weight is 289 g/mol. The molecule has 21 heavy (non-hydrogen) atoms. The highest BCUT2D eigenvalue weighted by Gasteiger charge is 2.30. The lowest BCUT2D eigenvalue weighted by atomic mass is 9.68. The first-order chi connectivity index (χ1) is 10.3. The van der Waals surface area contributed by atoms with E-state index in [1.165, 1.54) is 77.0 Å². The molecule has 0 nitrogen and oxygen atoms in total. The van der Waals surface area contributed by atoms with Gasteiger partial charge in [-0.25, -0.2) is 0 Å². The Morgan fingerprint density at radius 2 is 1.24 bits per heavy atom. The molecule has 0 amide bonds.